The van der Waals surface area contributed by atoms with Gasteiger partial charge in [-0.1, -0.05) is 0 Å². The van der Waals surface area contributed by atoms with Crippen LogP contribution < -0.4 is 11.3 Å². The Balaban J connectivity index is 2.13. The van der Waals surface area contributed by atoms with Crippen LogP contribution in [0, 0.1) is 0 Å². The molecule has 2 rings (SSSR count). The third kappa shape index (κ3) is 1.92. The highest BCUT2D eigenvalue weighted by molar-refractivity contribution is 5.94. The van der Waals surface area contributed by atoms with Gasteiger partial charge >= 0.3 is 0 Å². The highest BCUT2D eigenvalue weighted by atomic mass is 16.2. The summed E-state index contributed by atoms with van der Waals surface area (Å²) in [6, 6.07) is 2.89. The van der Waals surface area contributed by atoms with Crippen molar-refractivity contribution in [2.24, 2.45) is 5.73 Å². The van der Waals surface area contributed by atoms with Crippen molar-refractivity contribution in [3.63, 3.8) is 0 Å². The number of likely N-dealkylation sites (tertiary alicyclic amines) is 1. The summed E-state index contributed by atoms with van der Waals surface area (Å²) in [5.74, 6) is -0.135. The van der Waals surface area contributed by atoms with Crippen LogP contribution in [-0.4, -0.2) is 34.4 Å². The van der Waals surface area contributed by atoms with Gasteiger partial charge in [-0.25, -0.2) is 0 Å². The molecule has 1 aliphatic rings. The minimum atomic E-state index is -0.281. The largest absolute Gasteiger partial charge is 0.335 e. The Morgan fingerprint density at radius 3 is 2.80 bits per heavy atom. The molecule has 2 heterocycles. The number of H-pyrrole nitrogens is 1. The fourth-order valence-corrected chi connectivity index (χ4v) is 1.73. The lowest BCUT2D eigenvalue weighted by molar-refractivity contribution is 0.0453. The van der Waals surface area contributed by atoms with Crippen LogP contribution in [0.25, 0.3) is 0 Å². The van der Waals surface area contributed by atoms with Crippen molar-refractivity contribution in [1.82, 2.24) is 9.88 Å². The molecule has 0 unspecified atom stereocenters. The van der Waals surface area contributed by atoms with E-state index in [1.807, 2.05) is 6.92 Å². The van der Waals surface area contributed by atoms with Gasteiger partial charge in [0.2, 0.25) is 5.56 Å². The first-order valence-electron chi connectivity index (χ1n) is 4.75. The standard InChI is InChI=1S/C10H13N3O2/c1-10(11)5-13(6-10)9(15)7-2-3-12-8(14)4-7/h2-4H,5-6,11H2,1H3,(H,12,14). The van der Waals surface area contributed by atoms with Crippen molar-refractivity contribution in [3.8, 4) is 0 Å². The molecule has 5 nitrogen and oxygen atoms in total. The van der Waals surface area contributed by atoms with Gasteiger partial charge in [-0.2, -0.15) is 0 Å². The van der Waals surface area contributed by atoms with E-state index < -0.39 is 0 Å². The first-order valence-corrected chi connectivity index (χ1v) is 4.75. The molecule has 0 aliphatic carbocycles. The molecular formula is C10H13N3O2. The maximum Gasteiger partial charge on any atom is 0.254 e. The van der Waals surface area contributed by atoms with E-state index in [2.05, 4.69) is 4.98 Å². The van der Waals surface area contributed by atoms with E-state index in [1.165, 1.54) is 12.3 Å². The summed E-state index contributed by atoms with van der Waals surface area (Å²) in [5.41, 5.74) is 5.66. The number of nitrogens with zero attached hydrogens (tertiary/aromatic N) is 1. The van der Waals surface area contributed by atoms with Gasteiger partial charge in [-0.3, -0.25) is 9.59 Å². The first-order chi connectivity index (χ1) is 6.98. The molecule has 1 aromatic rings. The molecule has 1 aliphatic heterocycles. The van der Waals surface area contributed by atoms with Crippen LogP contribution in [-0.2, 0) is 0 Å². The molecule has 80 valence electrons. The van der Waals surface area contributed by atoms with E-state index in [0.717, 1.165) is 0 Å². The number of pyridine rings is 1. The quantitative estimate of drug-likeness (QED) is 0.654. The average Bonchev–Trinajstić information content (AvgIpc) is 2.13. The Kier molecular flexibility index (Phi) is 2.12. The van der Waals surface area contributed by atoms with Crippen LogP contribution in [0.3, 0.4) is 0 Å². The summed E-state index contributed by atoms with van der Waals surface area (Å²) in [6.45, 7) is 2.98. The summed E-state index contributed by atoms with van der Waals surface area (Å²) < 4.78 is 0. The van der Waals surface area contributed by atoms with Crippen molar-refractivity contribution in [1.29, 1.82) is 0 Å². The zero-order valence-electron chi connectivity index (χ0n) is 8.49. The molecule has 1 amide bonds. The fourth-order valence-electron chi connectivity index (χ4n) is 1.73. The number of hydrogen-bond acceptors (Lipinski definition) is 3. The zero-order chi connectivity index (χ0) is 11.1. The molecule has 1 aromatic heterocycles. The van der Waals surface area contributed by atoms with Crippen LogP contribution >= 0.6 is 0 Å². The monoisotopic (exact) mass is 207 g/mol. The highest BCUT2D eigenvalue weighted by Crippen LogP contribution is 2.19. The number of hydrogen-bond donors (Lipinski definition) is 2. The Morgan fingerprint density at radius 1 is 1.60 bits per heavy atom. The summed E-state index contributed by atoms with van der Waals surface area (Å²) in [5, 5.41) is 0. The molecule has 0 atom stereocenters. The van der Waals surface area contributed by atoms with Gasteiger partial charge in [0.15, 0.2) is 0 Å². The van der Waals surface area contributed by atoms with Gasteiger partial charge in [0.1, 0.15) is 0 Å². The van der Waals surface area contributed by atoms with Gasteiger partial charge in [0, 0.05) is 36.5 Å². The first kappa shape index (κ1) is 9.92. The van der Waals surface area contributed by atoms with Crippen molar-refractivity contribution in [2.75, 3.05) is 13.1 Å². The highest BCUT2D eigenvalue weighted by Gasteiger charge is 2.38. The fraction of sp³-hybridized carbons (Fsp3) is 0.400. The number of carbonyl (C=O) groups is 1. The number of amides is 1. The lowest BCUT2D eigenvalue weighted by atomic mass is 9.93. The van der Waals surface area contributed by atoms with Crippen molar-refractivity contribution in [2.45, 2.75) is 12.5 Å². The number of nitrogens with two attached hydrogens (primary N) is 1. The van der Waals surface area contributed by atoms with Crippen LogP contribution in [0.4, 0.5) is 0 Å². The van der Waals surface area contributed by atoms with Gasteiger partial charge < -0.3 is 15.6 Å². The van der Waals surface area contributed by atoms with Gasteiger partial charge in [-0.05, 0) is 13.0 Å². The molecule has 0 saturated carbocycles. The second-order valence-corrected chi connectivity index (χ2v) is 4.26. The predicted octanol–water partition coefficient (Wildman–Crippen LogP) is -0.452. The predicted molar refractivity (Wildman–Crippen MR) is 55.6 cm³/mol. The van der Waals surface area contributed by atoms with Crippen LogP contribution in [0.5, 0.6) is 0 Å². The van der Waals surface area contributed by atoms with Gasteiger partial charge in [0.25, 0.3) is 5.91 Å². The molecule has 0 bridgehead atoms. The summed E-state index contributed by atoms with van der Waals surface area (Å²) in [4.78, 5) is 26.9. The van der Waals surface area contributed by atoms with E-state index in [4.69, 9.17) is 5.73 Å². The van der Waals surface area contributed by atoms with Gasteiger partial charge in [-0.15, -0.1) is 0 Å². The molecule has 15 heavy (non-hydrogen) atoms. The summed E-state index contributed by atoms with van der Waals surface area (Å²) >= 11 is 0. The van der Waals surface area contributed by atoms with E-state index >= 15 is 0 Å². The van der Waals surface area contributed by atoms with Crippen molar-refractivity contribution >= 4 is 5.91 Å². The smallest absolute Gasteiger partial charge is 0.254 e. The molecule has 1 saturated heterocycles. The lowest BCUT2D eigenvalue weighted by Crippen LogP contribution is -2.66. The normalized spacial score (nSPS) is 18.4. The van der Waals surface area contributed by atoms with E-state index in [9.17, 15) is 9.59 Å². The Bertz CT molecular complexity index is 442. The van der Waals surface area contributed by atoms with E-state index in [1.54, 1.807) is 11.0 Å². The Hall–Kier alpha value is -1.62. The van der Waals surface area contributed by atoms with Crippen LogP contribution in [0.1, 0.15) is 17.3 Å². The topological polar surface area (TPSA) is 79.2 Å². The van der Waals surface area contributed by atoms with Crippen LogP contribution in [0.2, 0.25) is 0 Å². The second kappa shape index (κ2) is 3.20. The van der Waals surface area contributed by atoms with E-state index in [0.29, 0.717) is 18.7 Å². The zero-order valence-corrected chi connectivity index (χ0v) is 8.49. The molecule has 5 heteroatoms. The minimum absolute atomic E-state index is 0.135. The SMILES string of the molecule is CC1(N)CN(C(=O)c2cc[nH]c(=O)c2)C1. The number of carbonyl (C=O) groups excluding carboxylic acids is 1. The third-order valence-corrected chi connectivity index (χ3v) is 2.41. The second-order valence-electron chi connectivity index (χ2n) is 4.26. The molecule has 0 radical (unpaired) electrons. The van der Waals surface area contributed by atoms with Gasteiger partial charge in [0.05, 0.1) is 0 Å². The Morgan fingerprint density at radius 2 is 2.27 bits per heavy atom. The summed E-state index contributed by atoms with van der Waals surface area (Å²) in [6.07, 6.45) is 1.47. The number of nitrogens with one attached hydrogen (secondary N) is 1. The molecule has 0 aromatic carbocycles. The minimum Gasteiger partial charge on any atom is -0.335 e. The molecule has 1 fully saturated rings. The van der Waals surface area contributed by atoms with Crippen molar-refractivity contribution in [3.05, 3.63) is 34.2 Å². The summed E-state index contributed by atoms with van der Waals surface area (Å²) in [7, 11) is 0. The van der Waals surface area contributed by atoms with Crippen LogP contribution in [0.15, 0.2) is 23.1 Å². The molecule has 3 N–H and O–H groups in total. The maximum atomic E-state index is 11.8. The maximum absolute atomic E-state index is 11.8. The number of aromatic nitrogens is 1. The Labute approximate surface area is 86.9 Å². The molecule has 0 spiro atoms. The lowest BCUT2D eigenvalue weighted by Gasteiger charge is -2.45. The third-order valence-electron chi connectivity index (χ3n) is 2.41. The average molecular weight is 207 g/mol. The number of rotatable bonds is 1. The molecular weight excluding hydrogens is 194 g/mol. The van der Waals surface area contributed by atoms with E-state index in [-0.39, 0.29) is 17.0 Å². The number of aromatic amines is 1. The van der Waals surface area contributed by atoms with Crippen molar-refractivity contribution < 1.29 is 4.79 Å².